The summed E-state index contributed by atoms with van der Waals surface area (Å²) in [4.78, 5) is 26.5. The second-order valence-electron chi connectivity index (χ2n) is 4.77. The summed E-state index contributed by atoms with van der Waals surface area (Å²) < 4.78 is 0. The number of thiophene rings is 1. The fourth-order valence-electron chi connectivity index (χ4n) is 2.19. The van der Waals surface area contributed by atoms with Crippen molar-refractivity contribution in [1.82, 2.24) is 15.5 Å². The third kappa shape index (κ3) is 3.94. The van der Waals surface area contributed by atoms with Crippen LogP contribution in [-0.2, 0) is 4.79 Å². The molecule has 0 saturated carbocycles. The fraction of sp³-hybridized carbons (Fsp3) is 0.538. The predicted octanol–water partition coefficient (Wildman–Crippen LogP) is 1.11. The zero-order valence-corrected chi connectivity index (χ0v) is 13.2. The molecule has 1 saturated heterocycles. The zero-order chi connectivity index (χ0) is 13.8. The summed E-state index contributed by atoms with van der Waals surface area (Å²) in [5.74, 6) is -0.229. The van der Waals surface area contributed by atoms with Crippen molar-refractivity contribution >= 4 is 35.6 Å². The molecule has 0 aromatic carbocycles. The van der Waals surface area contributed by atoms with E-state index in [-0.39, 0.29) is 30.3 Å². The summed E-state index contributed by atoms with van der Waals surface area (Å²) in [6, 6.07) is 3.30. The molecule has 2 unspecified atom stereocenters. The highest BCUT2D eigenvalue weighted by atomic mass is 35.5. The van der Waals surface area contributed by atoms with E-state index in [1.54, 1.807) is 24.9 Å². The molecule has 0 bridgehead atoms. The normalized spacial score (nSPS) is 19.0. The van der Waals surface area contributed by atoms with Gasteiger partial charge in [-0.2, -0.15) is 0 Å². The average Bonchev–Trinajstić information content (AvgIpc) is 3.08. The van der Waals surface area contributed by atoms with E-state index in [1.165, 1.54) is 11.3 Å². The van der Waals surface area contributed by atoms with E-state index in [4.69, 9.17) is 0 Å². The average molecular weight is 318 g/mol. The standard InChI is InChI=1S/C13H19N3O2S.ClH/c1-9(15-12(17)11-4-3-7-19-11)13(18)16(2)10-5-6-14-8-10;/h3-4,7,9-10,14H,5-6,8H2,1-2H3,(H,15,17);1H. The van der Waals surface area contributed by atoms with Crippen molar-refractivity contribution in [2.75, 3.05) is 20.1 Å². The number of nitrogens with one attached hydrogen (secondary N) is 2. The molecular weight excluding hydrogens is 298 g/mol. The number of carbonyl (C=O) groups is 2. The largest absolute Gasteiger partial charge is 0.340 e. The first-order valence-corrected chi connectivity index (χ1v) is 7.29. The molecule has 1 aromatic heterocycles. The lowest BCUT2D eigenvalue weighted by molar-refractivity contribution is -0.133. The van der Waals surface area contributed by atoms with Crippen LogP contribution in [0.4, 0.5) is 0 Å². The van der Waals surface area contributed by atoms with Crippen molar-refractivity contribution < 1.29 is 9.59 Å². The number of nitrogens with zero attached hydrogens (tertiary/aromatic N) is 1. The van der Waals surface area contributed by atoms with E-state index in [1.807, 2.05) is 11.4 Å². The van der Waals surface area contributed by atoms with Crippen molar-refractivity contribution in [3.05, 3.63) is 22.4 Å². The molecule has 2 rings (SSSR count). The number of carbonyl (C=O) groups excluding carboxylic acids is 2. The van der Waals surface area contributed by atoms with Crippen LogP contribution in [0.25, 0.3) is 0 Å². The summed E-state index contributed by atoms with van der Waals surface area (Å²) in [7, 11) is 1.80. The van der Waals surface area contributed by atoms with Gasteiger partial charge in [0.05, 0.1) is 4.88 Å². The van der Waals surface area contributed by atoms with E-state index >= 15 is 0 Å². The van der Waals surface area contributed by atoms with Crippen LogP contribution >= 0.6 is 23.7 Å². The Labute approximate surface area is 129 Å². The highest BCUT2D eigenvalue weighted by molar-refractivity contribution is 7.12. The maximum atomic E-state index is 12.2. The number of hydrogen-bond acceptors (Lipinski definition) is 4. The van der Waals surface area contributed by atoms with Crippen molar-refractivity contribution in [2.45, 2.75) is 25.4 Å². The van der Waals surface area contributed by atoms with Gasteiger partial charge in [0.25, 0.3) is 5.91 Å². The molecule has 0 spiro atoms. The number of rotatable bonds is 4. The summed E-state index contributed by atoms with van der Waals surface area (Å²) >= 11 is 1.37. The second-order valence-corrected chi connectivity index (χ2v) is 5.72. The Kier molecular flexibility index (Phi) is 6.45. The molecule has 2 heterocycles. The van der Waals surface area contributed by atoms with Crippen molar-refractivity contribution in [1.29, 1.82) is 0 Å². The Balaban J connectivity index is 0.00000200. The van der Waals surface area contributed by atoms with Crippen LogP contribution < -0.4 is 10.6 Å². The molecule has 1 aliphatic rings. The van der Waals surface area contributed by atoms with Crippen LogP contribution in [0.5, 0.6) is 0 Å². The molecule has 0 aliphatic carbocycles. The van der Waals surface area contributed by atoms with Crippen molar-refractivity contribution in [3.63, 3.8) is 0 Å². The molecule has 2 N–H and O–H groups in total. The smallest absolute Gasteiger partial charge is 0.261 e. The van der Waals surface area contributed by atoms with Gasteiger partial charge in [-0.3, -0.25) is 9.59 Å². The molecule has 5 nitrogen and oxygen atoms in total. The number of hydrogen-bond donors (Lipinski definition) is 2. The van der Waals surface area contributed by atoms with E-state index in [2.05, 4.69) is 10.6 Å². The van der Waals surface area contributed by atoms with Gasteiger partial charge in [0, 0.05) is 19.6 Å². The summed E-state index contributed by atoms with van der Waals surface area (Å²) in [6.45, 7) is 3.50. The molecule has 1 aromatic rings. The maximum absolute atomic E-state index is 12.2. The molecule has 2 amide bonds. The van der Waals surface area contributed by atoms with E-state index in [0.717, 1.165) is 19.5 Å². The van der Waals surface area contributed by atoms with Crippen LogP contribution in [0.1, 0.15) is 23.0 Å². The third-order valence-electron chi connectivity index (χ3n) is 3.39. The van der Waals surface area contributed by atoms with E-state index in [0.29, 0.717) is 4.88 Å². The maximum Gasteiger partial charge on any atom is 0.261 e. The van der Waals surface area contributed by atoms with Gasteiger partial charge < -0.3 is 15.5 Å². The number of amides is 2. The Hall–Kier alpha value is -1.11. The van der Waals surface area contributed by atoms with E-state index in [9.17, 15) is 9.59 Å². The molecule has 20 heavy (non-hydrogen) atoms. The van der Waals surface area contributed by atoms with Gasteiger partial charge in [-0.15, -0.1) is 23.7 Å². The Morgan fingerprint density at radius 3 is 2.85 bits per heavy atom. The molecule has 7 heteroatoms. The van der Waals surface area contributed by atoms with Gasteiger partial charge >= 0.3 is 0 Å². The van der Waals surface area contributed by atoms with Gasteiger partial charge in [-0.05, 0) is 31.3 Å². The van der Waals surface area contributed by atoms with Crippen LogP contribution in [0.2, 0.25) is 0 Å². The quantitative estimate of drug-likeness (QED) is 0.874. The first-order chi connectivity index (χ1) is 9.09. The van der Waals surface area contributed by atoms with E-state index < -0.39 is 6.04 Å². The first kappa shape index (κ1) is 16.9. The molecule has 1 aliphatic heterocycles. The lowest BCUT2D eigenvalue weighted by atomic mass is 10.2. The van der Waals surface area contributed by atoms with Crippen LogP contribution in [0, 0.1) is 0 Å². The zero-order valence-electron chi connectivity index (χ0n) is 11.6. The SMILES string of the molecule is CC(NC(=O)c1cccs1)C(=O)N(C)C1CCNC1.Cl. The number of halogens is 1. The van der Waals surface area contributed by atoms with Crippen molar-refractivity contribution in [2.24, 2.45) is 0 Å². The summed E-state index contributed by atoms with van der Waals surface area (Å²) in [5, 5.41) is 7.82. The van der Waals surface area contributed by atoms with Gasteiger partial charge in [0.15, 0.2) is 0 Å². The van der Waals surface area contributed by atoms with Crippen LogP contribution in [-0.4, -0.2) is 48.9 Å². The second kappa shape index (κ2) is 7.61. The Morgan fingerprint density at radius 2 is 2.30 bits per heavy atom. The highest BCUT2D eigenvalue weighted by Crippen LogP contribution is 2.10. The summed E-state index contributed by atoms with van der Waals surface area (Å²) in [6.07, 6.45) is 0.966. The first-order valence-electron chi connectivity index (χ1n) is 6.41. The Bertz CT molecular complexity index is 446. The van der Waals surface area contributed by atoms with Crippen molar-refractivity contribution in [3.8, 4) is 0 Å². The fourth-order valence-corrected chi connectivity index (χ4v) is 2.82. The lowest BCUT2D eigenvalue weighted by Gasteiger charge is -2.27. The van der Waals surface area contributed by atoms with Gasteiger partial charge in [0.2, 0.25) is 5.91 Å². The topological polar surface area (TPSA) is 61.4 Å². The third-order valence-corrected chi connectivity index (χ3v) is 4.26. The van der Waals surface area contributed by atoms with Crippen LogP contribution in [0.15, 0.2) is 17.5 Å². The molecule has 0 radical (unpaired) electrons. The van der Waals surface area contributed by atoms with Gasteiger partial charge in [0.1, 0.15) is 6.04 Å². The minimum Gasteiger partial charge on any atom is -0.340 e. The molecule has 1 fully saturated rings. The lowest BCUT2D eigenvalue weighted by Crippen LogP contribution is -2.49. The molecular formula is C13H20ClN3O2S. The molecule has 112 valence electrons. The minimum absolute atomic E-state index is 0. The number of likely N-dealkylation sites (N-methyl/N-ethyl adjacent to an activating group) is 1. The minimum atomic E-state index is -0.500. The Morgan fingerprint density at radius 1 is 1.55 bits per heavy atom. The van der Waals surface area contributed by atoms with Crippen LogP contribution in [0.3, 0.4) is 0 Å². The monoisotopic (exact) mass is 317 g/mol. The predicted molar refractivity (Wildman–Crippen MR) is 82.5 cm³/mol. The van der Waals surface area contributed by atoms with Gasteiger partial charge in [-0.25, -0.2) is 0 Å². The highest BCUT2D eigenvalue weighted by Gasteiger charge is 2.27. The molecule has 2 atom stereocenters. The van der Waals surface area contributed by atoms with Gasteiger partial charge in [-0.1, -0.05) is 6.07 Å². The summed E-state index contributed by atoms with van der Waals surface area (Å²) in [5.41, 5.74) is 0.